The minimum atomic E-state index is 0.346. The van der Waals surface area contributed by atoms with E-state index in [4.69, 9.17) is 0 Å². The summed E-state index contributed by atoms with van der Waals surface area (Å²) in [7, 11) is 0. The van der Waals surface area contributed by atoms with E-state index in [0.29, 0.717) is 5.92 Å². The van der Waals surface area contributed by atoms with E-state index in [0.717, 1.165) is 53.4 Å². The fourth-order valence-corrected chi connectivity index (χ4v) is 11.1. The monoisotopic (exact) mass is 1070 g/mol. The Morgan fingerprint density at radius 1 is 0.570 bits per heavy atom. The molecule has 8 aromatic carbocycles. The summed E-state index contributed by atoms with van der Waals surface area (Å²) in [6.45, 7) is 12.8. The van der Waals surface area contributed by atoms with E-state index in [1.165, 1.54) is 70.6 Å². The lowest BCUT2D eigenvalue weighted by atomic mass is 9.82. The third-order valence-corrected chi connectivity index (χ3v) is 15.1. The number of rotatable bonds is 17. The summed E-state index contributed by atoms with van der Waals surface area (Å²) in [6, 6.07) is 72.7. The van der Waals surface area contributed by atoms with Crippen LogP contribution in [0.3, 0.4) is 0 Å². The number of fused-ring (bicyclic) bond motifs is 2. The Hall–Kier alpha value is -8.15. The number of hydrogen-bond acceptors (Lipinski definition) is 4. The fraction of sp³-hybridized carbons (Fsp3) is 0.147. The summed E-state index contributed by atoms with van der Waals surface area (Å²) in [6.07, 6.45) is 31.6. The van der Waals surface area contributed by atoms with Crippen LogP contribution < -0.4 is 9.80 Å². The van der Waals surface area contributed by atoms with Crippen molar-refractivity contribution in [3.05, 3.63) is 288 Å². The average Bonchev–Trinajstić information content (AvgIpc) is 4.05. The van der Waals surface area contributed by atoms with Gasteiger partial charge >= 0.3 is 0 Å². The second kappa shape index (κ2) is 29.0. The average molecular weight is 1070 g/mol. The Morgan fingerprint density at radius 2 is 1.08 bits per heavy atom. The number of allylic oxidation sites excluding steroid dienone is 12. The standard InChI is InChI=1S/C72H64N2S.C2H6.CH4S/c1-5-25-55(54(4)6-2)28-24-27-53(3)26-22-23-37-65-49-51-70(75-65)58-44-50-68-69(52-58)72(57-42-47-64(48-43-57)74(61-33-16-9-17-34-61)62-35-18-10-19-36-62)67-39-21-11-20-38-66(67)71(68)56-40-45-63(46-41-56)73(59-29-12-7-13-30-59)60-31-14-8-15-32-60;2*1-2/h6-27,29-37,39-53H,5,28,38H2,1-4H3;1-2H3;2H,1H3/b26-22+,27-24-,37-23+,54-6-,55-25-;;. The number of anilines is 6. The third kappa shape index (κ3) is 13.9. The van der Waals surface area contributed by atoms with Gasteiger partial charge in [-0.1, -0.05) is 209 Å². The zero-order valence-electron chi connectivity index (χ0n) is 46.9. The molecule has 1 heterocycles. The molecule has 0 saturated carbocycles. The molecule has 1 unspecified atom stereocenters. The number of thiophene rings is 1. The minimum absolute atomic E-state index is 0.346. The molecule has 2 nitrogen and oxygen atoms in total. The van der Waals surface area contributed by atoms with Crippen LogP contribution in [0, 0.1) is 5.92 Å². The molecule has 0 spiro atoms. The van der Waals surface area contributed by atoms with Gasteiger partial charge in [-0.05, 0) is 198 Å². The molecular formula is C75H74N2S2. The van der Waals surface area contributed by atoms with E-state index in [9.17, 15) is 0 Å². The van der Waals surface area contributed by atoms with Crippen LogP contribution in [0.25, 0.3) is 55.6 Å². The van der Waals surface area contributed by atoms with Gasteiger partial charge in [0.15, 0.2) is 0 Å². The molecule has 0 N–H and O–H groups in total. The van der Waals surface area contributed by atoms with Crippen LogP contribution >= 0.6 is 24.0 Å². The maximum absolute atomic E-state index is 3.53. The summed E-state index contributed by atoms with van der Waals surface area (Å²) in [5.41, 5.74) is 18.2. The largest absolute Gasteiger partial charge is 0.311 e. The Labute approximate surface area is 481 Å². The van der Waals surface area contributed by atoms with Crippen molar-refractivity contribution in [3.8, 4) is 32.7 Å². The summed E-state index contributed by atoms with van der Waals surface area (Å²) in [5.74, 6) is 0.346. The zero-order chi connectivity index (χ0) is 55.3. The SMILES string of the molecule is C/C=C(C)\C(=C/CC)C/C=C\C(C)/C=C/C=C/c1ccc(-c2ccc3c(-c4ccc(N(c5ccccc5)c5ccccc5)cc4)c4c(c(-c5ccc(N(c6ccccc6)c6ccccc6)cc5)c3c2)C=CC=CC4)s1.CC.CS. The molecule has 9 aromatic rings. The maximum atomic E-state index is 3.53. The van der Waals surface area contributed by atoms with Crippen molar-refractivity contribution in [2.24, 2.45) is 5.92 Å². The van der Waals surface area contributed by atoms with Gasteiger partial charge in [0.05, 0.1) is 0 Å². The molecule has 0 saturated heterocycles. The van der Waals surface area contributed by atoms with E-state index < -0.39 is 0 Å². The second-order valence-corrected chi connectivity index (χ2v) is 20.2. The molecule has 1 aliphatic rings. The Morgan fingerprint density at radius 3 is 1.59 bits per heavy atom. The lowest BCUT2D eigenvalue weighted by molar-refractivity contribution is 0.931. The van der Waals surface area contributed by atoms with E-state index in [2.05, 4.69) is 323 Å². The van der Waals surface area contributed by atoms with Crippen molar-refractivity contribution in [3.63, 3.8) is 0 Å². The molecular weight excluding hydrogens is 993 g/mol. The maximum Gasteiger partial charge on any atom is 0.0462 e. The van der Waals surface area contributed by atoms with E-state index in [-0.39, 0.29) is 0 Å². The second-order valence-electron chi connectivity index (χ2n) is 19.0. The third-order valence-electron chi connectivity index (χ3n) is 14.0. The molecule has 0 bridgehead atoms. The zero-order valence-corrected chi connectivity index (χ0v) is 48.6. The van der Waals surface area contributed by atoms with Gasteiger partial charge in [-0.25, -0.2) is 0 Å². The molecule has 396 valence electrons. The van der Waals surface area contributed by atoms with Gasteiger partial charge in [-0.3, -0.25) is 0 Å². The molecule has 1 atom stereocenters. The highest BCUT2D eigenvalue weighted by Crippen LogP contribution is 2.47. The van der Waals surface area contributed by atoms with Crippen molar-refractivity contribution in [2.75, 3.05) is 16.1 Å². The highest BCUT2D eigenvalue weighted by molar-refractivity contribution is 7.79. The fourth-order valence-electron chi connectivity index (χ4n) is 10.2. The molecule has 4 heteroatoms. The van der Waals surface area contributed by atoms with Crippen molar-refractivity contribution < 1.29 is 0 Å². The lowest BCUT2D eigenvalue weighted by Gasteiger charge is -2.26. The normalized spacial score (nSPS) is 12.7. The molecule has 0 amide bonds. The summed E-state index contributed by atoms with van der Waals surface area (Å²) in [5, 5.41) is 2.47. The van der Waals surface area contributed by atoms with Gasteiger partial charge in [0.1, 0.15) is 0 Å². The number of hydrogen-bond donors (Lipinski definition) is 1. The molecule has 1 aromatic heterocycles. The highest BCUT2D eigenvalue weighted by atomic mass is 32.1. The Balaban J connectivity index is 0.00000201. The first-order chi connectivity index (χ1) is 39.0. The van der Waals surface area contributed by atoms with Crippen LogP contribution in [0.2, 0.25) is 0 Å². The van der Waals surface area contributed by atoms with Crippen LogP contribution in [-0.4, -0.2) is 6.26 Å². The van der Waals surface area contributed by atoms with Crippen LogP contribution in [-0.2, 0) is 6.42 Å². The highest BCUT2D eigenvalue weighted by Gasteiger charge is 2.23. The van der Waals surface area contributed by atoms with E-state index in [1.807, 2.05) is 25.2 Å². The van der Waals surface area contributed by atoms with Gasteiger partial charge in [0, 0.05) is 43.9 Å². The predicted molar refractivity (Wildman–Crippen MR) is 355 cm³/mol. The number of benzene rings is 8. The molecule has 0 fully saturated rings. The predicted octanol–water partition coefficient (Wildman–Crippen LogP) is 23.0. The van der Waals surface area contributed by atoms with Crippen LogP contribution in [0.5, 0.6) is 0 Å². The van der Waals surface area contributed by atoms with Crippen molar-refractivity contribution in [1.82, 2.24) is 0 Å². The van der Waals surface area contributed by atoms with Crippen molar-refractivity contribution >= 4 is 81.0 Å². The van der Waals surface area contributed by atoms with Gasteiger partial charge < -0.3 is 9.80 Å². The van der Waals surface area contributed by atoms with Gasteiger partial charge in [0.2, 0.25) is 0 Å². The first-order valence-corrected chi connectivity index (χ1v) is 29.5. The van der Waals surface area contributed by atoms with Gasteiger partial charge in [0.25, 0.3) is 0 Å². The quantitative estimate of drug-likeness (QED) is 0.0552. The molecule has 0 radical (unpaired) electrons. The molecule has 10 rings (SSSR count). The first-order valence-electron chi connectivity index (χ1n) is 27.8. The molecule has 79 heavy (non-hydrogen) atoms. The number of thiol groups is 1. The van der Waals surface area contributed by atoms with Crippen LogP contribution in [0.4, 0.5) is 34.1 Å². The van der Waals surface area contributed by atoms with Crippen molar-refractivity contribution in [1.29, 1.82) is 0 Å². The van der Waals surface area contributed by atoms with Gasteiger partial charge in [-0.2, -0.15) is 12.6 Å². The number of para-hydroxylation sites is 4. The van der Waals surface area contributed by atoms with E-state index >= 15 is 0 Å². The lowest BCUT2D eigenvalue weighted by Crippen LogP contribution is -2.09. The first kappa shape index (κ1) is 57.0. The summed E-state index contributed by atoms with van der Waals surface area (Å²) < 4.78 is 0. The van der Waals surface area contributed by atoms with Gasteiger partial charge in [-0.15, -0.1) is 11.3 Å². The van der Waals surface area contributed by atoms with Crippen LogP contribution in [0.1, 0.15) is 70.4 Å². The Bertz CT molecular complexity index is 3500. The van der Waals surface area contributed by atoms with Crippen LogP contribution in [0.15, 0.2) is 272 Å². The molecule has 1 aliphatic carbocycles. The molecule has 0 aliphatic heterocycles. The summed E-state index contributed by atoms with van der Waals surface area (Å²) in [4.78, 5) is 7.13. The van der Waals surface area contributed by atoms with E-state index in [1.54, 1.807) is 6.26 Å². The smallest absolute Gasteiger partial charge is 0.0462 e. The summed E-state index contributed by atoms with van der Waals surface area (Å²) >= 11 is 5.36. The topological polar surface area (TPSA) is 6.48 Å². The minimum Gasteiger partial charge on any atom is -0.311 e. The van der Waals surface area contributed by atoms with Crippen molar-refractivity contribution in [2.45, 2.75) is 60.8 Å². The Kier molecular flexibility index (Phi) is 20.9. The number of nitrogens with zero attached hydrogens (tertiary/aromatic N) is 2.